The van der Waals surface area contributed by atoms with E-state index in [-0.39, 0.29) is 17.7 Å². The van der Waals surface area contributed by atoms with E-state index < -0.39 is 5.97 Å². The lowest BCUT2D eigenvalue weighted by molar-refractivity contribution is 0.0475. The van der Waals surface area contributed by atoms with Crippen molar-refractivity contribution in [2.24, 2.45) is 0 Å². The van der Waals surface area contributed by atoms with Gasteiger partial charge in [-0.3, -0.25) is 0 Å². The number of pyridine rings is 1. The Morgan fingerprint density at radius 2 is 2.20 bits per heavy atom. The molecule has 0 atom stereocenters. The third kappa shape index (κ3) is 3.84. The Hall–Kier alpha value is -1.31. The second-order valence-electron chi connectivity index (χ2n) is 3.47. The molecule has 20 heavy (non-hydrogen) atoms. The number of ether oxygens (including phenoxy) is 1. The van der Waals surface area contributed by atoms with Crippen LogP contribution in [0.4, 0.5) is 0 Å². The lowest BCUT2D eigenvalue weighted by atomic mass is 10.3. The minimum absolute atomic E-state index is 0.172. The molecule has 9 heteroatoms. The standard InChI is InChI=1S/C11H9Cl2N3O3S/c1-2-18-10(17)9-15-16-11(19-9)20-5-6-3-4-7(12)14-8(6)13/h3-4H,2,5H2,1H3. The molecule has 0 fully saturated rings. The second kappa shape index (κ2) is 6.92. The first-order valence-electron chi connectivity index (χ1n) is 5.54. The molecule has 2 heterocycles. The number of halogens is 2. The van der Waals surface area contributed by atoms with Crippen LogP contribution >= 0.6 is 35.0 Å². The van der Waals surface area contributed by atoms with Gasteiger partial charge >= 0.3 is 11.9 Å². The zero-order chi connectivity index (χ0) is 14.5. The molecule has 0 amide bonds. The van der Waals surface area contributed by atoms with Crippen molar-refractivity contribution in [3.05, 3.63) is 33.9 Å². The van der Waals surface area contributed by atoms with Crippen molar-refractivity contribution < 1.29 is 13.9 Å². The number of hydrogen-bond acceptors (Lipinski definition) is 7. The number of thioether (sulfide) groups is 1. The van der Waals surface area contributed by atoms with E-state index in [4.69, 9.17) is 32.4 Å². The highest BCUT2D eigenvalue weighted by Crippen LogP contribution is 2.26. The van der Waals surface area contributed by atoms with Crippen molar-refractivity contribution in [2.75, 3.05) is 6.61 Å². The van der Waals surface area contributed by atoms with Crippen LogP contribution < -0.4 is 0 Å². The molecule has 0 bridgehead atoms. The van der Waals surface area contributed by atoms with E-state index in [0.717, 1.165) is 5.56 Å². The van der Waals surface area contributed by atoms with E-state index in [0.29, 0.717) is 16.1 Å². The summed E-state index contributed by atoms with van der Waals surface area (Å²) in [4.78, 5) is 15.3. The average Bonchev–Trinajstić information content (AvgIpc) is 2.87. The minimum Gasteiger partial charge on any atom is -0.459 e. The molecule has 0 aliphatic carbocycles. The normalized spacial score (nSPS) is 10.6. The zero-order valence-electron chi connectivity index (χ0n) is 10.3. The van der Waals surface area contributed by atoms with Crippen LogP contribution in [0.5, 0.6) is 0 Å². The number of carbonyl (C=O) groups is 1. The lowest BCUT2D eigenvalue weighted by Gasteiger charge is -2.01. The first kappa shape index (κ1) is 15.1. The molecule has 0 saturated carbocycles. The number of carbonyl (C=O) groups excluding carboxylic acids is 1. The number of aromatic nitrogens is 3. The van der Waals surface area contributed by atoms with E-state index in [1.807, 2.05) is 0 Å². The summed E-state index contributed by atoms with van der Waals surface area (Å²) in [6, 6.07) is 3.40. The van der Waals surface area contributed by atoms with Crippen molar-refractivity contribution in [1.82, 2.24) is 15.2 Å². The van der Waals surface area contributed by atoms with Crippen LogP contribution in [-0.4, -0.2) is 27.8 Å². The highest BCUT2D eigenvalue weighted by atomic mass is 35.5. The third-order valence-electron chi connectivity index (χ3n) is 2.10. The summed E-state index contributed by atoms with van der Waals surface area (Å²) >= 11 is 12.9. The first-order chi connectivity index (χ1) is 9.60. The van der Waals surface area contributed by atoms with Gasteiger partial charge in [0.15, 0.2) is 0 Å². The fourth-order valence-electron chi connectivity index (χ4n) is 1.23. The Labute approximate surface area is 128 Å². The van der Waals surface area contributed by atoms with Gasteiger partial charge < -0.3 is 9.15 Å². The Kier molecular flexibility index (Phi) is 5.22. The Morgan fingerprint density at radius 3 is 2.90 bits per heavy atom. The fraction of sp³-hybridized carbons (Fsp3) is 0.273. The first-order valence-corrected chi connectivity index (χ1v) is 7.28. The van der Waals surface area contributed by atoms with Gasteiger partial charge in [-0.25, -0.2) is 9.78 Å². The van der Waals surface area contributed by atoms with Crippen molar-refractivity contribution in [3.8, 4) is 0 Å². The molecule has 0 saturated heterocycles. The predicted molar refractivity (Wildman–Crippen MR) is 74.1 cm³/mol. The van der Waals surface area contributed by atoms with Crippen molar-refractivity contribution in [1.29, 1.82) is 0 Å². The molecule has 0 aromatic carbocycles. The van der Waals surface area contributed by atoms with Gasteiger partial charge in [0.1, 0.15) is 10.3 Å². The SMILES string of the molecule is CCOC(=O)c1nnc(SCc2ccc(Cl)nc2Cl)o1. The molecule has 0 radical (unpaired) electrons. The summed E-state index contributed by atoms with van der Waals surface area (Å²) < 4.78 is 9.91. The monoisotopic (exact) mass is 333 g/mol. The van der Waals surface area contributed by atoms with Gasteiger partial charge in [-0.15, -0.1) is 5.10 Å². The van der Waals surface area contributed by atoms with Gasteiger partial charge in [0, 0.05) is 11.3 Å². The van der Waals surface area contributed by atoms with Gasteiger partial charge in [-0.05, 0) is 13.0 Å². The second-order valence-corrected chi connectivity index (χ2v) is 5.14. The predicted octanol–water partition coefficient (Wildman–Crippen LogP) is 3.24. The van der Waals surface area contributed by atoms with E-state index in [1.54, 1.807) is 19.1 Å². The van der Waals surface area contributed by atoms with Crippen LogP contribution in [0, 0.1) is 0 Å². The average molecular weight is 334 g/mol. The Morgan fingerprint density at radius 1 is 1.40 bits per heavy atom. The third-order valence-corrected chi connectivity index (χ3v) is 3.50. The van der Waals surface area contributed by atoms with Crippen LogP contribution in [0.2, 0.25) is 10.3 Å². The summed E-state index contributed by atoms with van der Waals surface area (Å²) in [6.45, 7) is 1.94. The number of nitrogens with zero attached hydrogens (tertiary/aromatic N) is 3. The van der Waals surface area contributed by atoms with Crippen LogP contribution in [0.25, 0.3) is 0 Å². The van der Waals surface area contributed by atoms with Gasteiger partial charge in [0.2, 0.25) is 0 Å². The highest BCUT2D eigenvalue weighted by molar-refractivity contribution is 7.98. The molecule has 0 spiro atoms. The van der Waals surface area contributed by atoms with Gasteiger partial charge in [0.05, 0.1) is 6.61 Å². The van der Waals surface area contributed by atoms with E-state index in [9.17, 15) is 4.79 Å². The summed E-state index contributed by atoms with van der Waals surface area (Å²) in [5.41, 5.74) is 0.775. The summed E-state index contributed by atoms with van der Waals surface area (Å²) in [7, 11) is 0. The van der Waals surface area contributed by atoms with Crippen LogP contribution in [-0.2, 0) is 10.5 Å². The molecule has 2 aromatic heterocycles. The molecule has 0 aliphatic heterocycles. The molecule has 2 aromatic rings. The largest absolute Gasteiger partial charge is 0.459 e. The fourth-order valence-corrected chi connectivity index (χ4v) is 2.47. The molecular formula is C11H9Cl2N3O3S. The number of rotatable bonds is 5. The smallest absolute Gasteiger partial charge is 0.396 e. The summed E-state index contributed by atoms with van der Waals surface area (Å²) in [5, 5.41) is 8.23. The van der Waals surface area contributed by atoms with E-state index in [1.165, 1.54) is 11.8 Å². The summed E-state index contributed by atoms with van der Waals surface area (Å²) in [6.07, 6.45) is 0. The molecule has 6 nitrogen and oxygen atoms in total. The molecule has 0 aliphatic rings. The van der Waals surface area contributed by atoms with E-state index >= 15 is 0 Å². The zero-order valence-corrected chi connectivity index (χ0v) is 12.6. The maximum absolute atomic E-state index is 11.4. The lowest BCUT2D eigenvalue weighted by Crippen LogP contribution is -2.04. The van der Waals surface area contributed by atoms with Crippen LogP contribution in [0.3, 0.4) is 0 Å². The number of hydrogen-bond donors (Lipinski definition) is 0. The van der Waals surface area contributed by atoms with E-state index in [2.05, 4.69) is 15.2 Å². The molecule has 2 rings (SSSR count). The topological polar surface area (TPSA) is 78.1 Å². The Balaban J connectivity index is 1.99. The van der Waals surface area contributed by atoms with Crippen molar-refractivity contribution in [2.45, 2.75) is 17.9 Å². The molecule has 0 unspecified atom stereocenters. The molecular weight excluding hydrogens is 325 g/mol. The van der Waals surface area contributed by atoms with Gasteiger partial charge in [-0.1, -0.05) is 46.1 Å². The molecule has 106 valence electrons. The summed E-state index contributed by atoms with van der Waals surface area (Å²) in [5.74, 6) is -0.347. The van der Waals surface area contributed by atoms with Crippen LogP contribution in [0.15, 0.2) is 21.8 Å². The van der Waals surface area contributed by atoms with Crippen molar-refractivity contribution in [3.63, 3.8) is 0 Å². The minimum atomic E-state index is -0.641. The Bertz CT molecular complexity index is 621. The maximum atomic E-state index is 11.4. The quantitative estimate of drug-likeness (QED) is 0.472. The van der Waals surface area contributed by atoms with Crippen LogP contribution in [0.1, 0.15) is 23.2 Å². The van der Waals surface area contributed by atoms with Gasteiger partial charge in [0.25, 0.3) is 5.22 Å². The molecule has 0 N–H and O–H groups in total. The van der Waals surface area contributed by atoms with Crippen molar-refractivity contribution >= 4 is 40.9 Å². The number of esters is 1. The van der Waals surface area contributed by atoms with Gasteiger partial charge in [-0.2, -0.15) is 0 Å². The highest BCUT2D eigenvalue weighted by Gasteiger charge is 2.16. The maximum Gasteiger partial charge on any atom is 0.396 e.